The quantitative estimate of drug-likeness (QED) is 0.352. The van der Waals surface area contributed by atoms with Gasteiger partial charge in [-0.2, -0.15) is 0 Å². The number of carbonyl (C=O) groups excluding carboxylic acids is 3. The molecule has 1 aromatic carbocycles. The molecule has 4 rings (SSSR count). The Morgan fingerprint density at radius 3 is 2.38 bits per heavy atom. The molecule has 2 aliphatic rings. The lowest BCUT2D eigenvalue weighted by Gasteiger charge is -2.23. The molecule has 2 aromatic rings. The van der Waals surface area contributed by atoms with Crippen LogP contribution in [0.25, 0.3) is 0 Å². The number of urea groups is 1. The van der Waals surface area contributed by atoms with Crippen LogP contribution in [-0.4, -0.2) is 61.4 Å². The Hall–Kier alpha value is -3.03. The molecule has 0 radical (unpaired) electrons. The van der Waals surface area contributed by atoms with E-state index in [-0.39, 0.29) is 36.1 Å². The summed E-state index contributed by atoms with van der Waals surface area (Å²) in [5.74, 6) is 1.08. The molecule has 8 nitrogen and oxygen atoms in total. The molecule has 0 N–H and O–H groups in total. The summed E-state index contributed by atoms with van der Waals surface area (Å²) >= 11 is 0. The number of imide groups is 1. The maximum absolute atomic E-state index is 13.5. The summed E-state index contributed by atoms with van der Waals surface area (Å²) in [6.45, 7) is 14.4. The van der Waals surface area contributed by atoms with Crippen molar-refractivity contribution in [1.29, 1.82) is 0 Å². The highest BCUT2D eigenvalue weighted by molar-refractivity contribution is 6.06. The van der Waals surface area contributed by atoms with Gasteiger partial charge < -0.3 is 9.47 Å². The van der Waals surface area contributed by atoms with Crippen LogP contribution < -0.4 is 0 Å². The van der Waals surface area contributed by atoms with Gasteiger partial charge in [-0.3, -0.25) is 14.5 Å². The normalized spacial score (nSPS) is 18.3. The van der Waals surface area contributed by atoms with E-state index in [0.717, 1.165) is 60.4 Å². The molecule has 2 heterocycles. The van der Waals surface area contributed by atoms with Crippen LogP contribution in [0.3, 0.4) is 0 Å². The summed E-state index contributed by atoms with van der Waals surface area (Å²) in [4.78, 5) is 42.7. The number of benzene rings is 1. The van der Waals surface area contributed by atoms with Crippen LogP contribution in [0, 0.1) is 19.3 Å². The molecule has 1 aliphatic heterocycles. The molecule has 1 aromatic heterocycles. The van der Waals surface area contributed by atoms with Gasteiger partial charge in [-0.1, -0.05) is 44.5 Å². The van der Waals surface area contributed by atoms with Crippen LogP contribution in [-0.2, 0) is 22.4 Å². The first kappa shape index (κ1) is 29.0. The Balaban J connectivity index is 1.63. The maximum atomic E-state index is 13.5. The van der Waals surface area contributed by atoms with Crippen molar-refractivity contribution < 1.29 is 14.4 Å². The average molecular weight is 536 g/mol. The SMILES string of the molecule is Cc1ccc(CC(=O)CC(CN2C(=O)N(C)C(C)(C)C2=O)c2nnc(CCCC(C)(C)C)n2C2CC2)c(C)c1. The molecule has 1 saturated heterocycles. The van der Waals surface area contributed by atoms with Crippen molar-refractivity contribution >= 4 is 17.7 Å². The molecule has 1 saturated carbocycles. The molecule has 0 spiro atoms. The standard InChI is InChI=1S/C31H45N5O3/c1-20-11-12-22(21(2)16-20)17-25(37)18-23(19-35-28(38)31(6,7)34(8)29(35)39)27-33-32-26(36(27)24-13-14-24)10-9-15-30(3,4)5/h11-12,16,23-24H,9-10,13-15,17-19H2,1-8H3. The monoisotopic (exact) mass is 535 g/mol. The fourth-order valence-corrected chi connectivity index (χ4v) is 5.50. The predicted octanol–water partition coefficient (Wildman–Crippen LogP) is 5.56. The molecule has 212 valence electrons. The van der Waals surface area contributed by atoms with E-state index >= 15 is 0 Å². The lowest BCUT2D eigenvalue weighted by molar-refractivity contribution is -0.132. The van der Waals surface area contributed by atoms with E-state index in [1.165, 1.54) is 9.80 Å². The summed E-state index contributed by atoms with van der Waals surface area (Å²) in [5.41, 5.74) is 2.58. The third-order valence-electron chi connectivity index (χ3n) is 8.28. The number of Topliss-reactive ketones (excluding diaryl/α,β-unsaturated/α-hetero) is 1. The van der Waals surface area contributed by atoms with E-state index in [0.29, 0.717) is 12.5 Å². The van der Waals surface area contributed by atoms with E-state index in [1.807, 2.05) is 26.0 Å². The van der Waals surface area contributed by atoms with Crippen molar-refractivity contribution in [3.05, 3.63) is 46.5 Å². The Bertz CT molecular complexity index is 1250. The van der Waals surface area contributed by atoms with Crippen molar-refractivity contribution in [3.63, 3.8) is 0 Å². The highest BCUT2D eigenvalue weighted by Crippen LogP contribution is 2.40. The minimum absolute atomic E-state index is 0.0679. The first-order valence-electron chi connectivity index (χ1n) is 14.3. The van der Waals surface area contributed by atoms with E-state index in [2.05, 4.69) is 41.6 Å². The van der Waals surface area contributed by atoms with Crippen molar-refractivity contribution in [2.24, 2.45) is 5.41 Å². The second-order valence-electron chi connectivity index (χ2n) is 13.4. The third kappa shape index (κ3) is 6.42. The lowest BCUT2D eigenvalue weighted by Crippen LogP contribution is -2.42. The van der Waals surface area contributed by atoms with Crippen LogP contribution in [0.4, 0.5) is 4.79 Å². The van der Waals surface area contributed by atoms with Gasteiger partial charge in [0.2, 0.25) is 0 Å². The maximum Gasteiger partial charge on any atom is 0.327 e. The van der Waals surface area contributed by atoms with Crippen LogP contribution in [0.15, 0.2) is 18.2 Å². The number of aryl methyl sites for hydroxylation is 3. The Morgan fingerprint density at radius 2 is 1.82 bits per heavy atom. The smallest absolute Gasteiger partial charge is 0.313 e. The minimum Gasteiger partial charge on any atom is -0.313 e. The van der Waals surface area contributed by atoms with Gasteiger partial charge in [-0.25, -0.2) is 4.79 Å². The fourth-order valence-electron chi connectivity index (χ4n) is 5.50. The Kier molecular flexibility index (Phi) is 8.06. The molecule has 3 amide bonds. The van der Waals surface area contributed by atoms with Gasteiger partial charge in [-0.05, 0) is 69.9 Å². The van der Waals surface area contributed by atoms with Crippen molar-refractivity contribution in [1.82, 2.24) is 24.6 Å². The number of hydrogen-bond donors (Lipinski definition) is 0. The van der Waals surface area contributed by atoms with Crippen LogP contribution in [0.1, 0.15) is 107 Å². The molecule has 1 unspecified atom stereocenters. The van der Waals surface area contributed by atoms with Gasteiger partial charge in [0.15, 0.2) is 0 Å². The molecular weight excluding hydrogens is 490 g/mol. The third-order valence-corrected chi connectivity index (χ3v) is 8.28. The zero-order chi connectivity index (χ0) is 28.7. The van der Waals surface area contributed by atoms with E-state index in [1.54, 1.807) is 20.9 Å². The highest BCUT2D eigenvalue weighted by atomic mass is 16.2. The average Bonchev–Trinajstić information content (AvgIpc) is 3.57. The zero-order valence-electron chi connectivity index (χ0n) is 25.0. The first-order valence-corrected chi connectivity index (χ1v) is 14.3. The molecule has 2 fully saturated rings. The Labute approximate surface area is 233 Å². The van der Waals surface area contributed by atoms with Gasteiger partial charge in [0.05, 0.1) is 0 Å². The van der Waals surface area contributed by atoms with Crippen molar-refractivity contribution in [3.8, 4) is 0 Å². The van der Waals surface area contributed by atoms with Crippen molar-refractivity contribution in [2.75, 3.05) is 13.6 Å². The van der Waals surface area contributed by atoms with E-state index in [4.69, 9.17) is 0 Å². The molecule has 1 aliphatic carbocycles. The summed E-state index contributed by atoms with van der Waals surface area (Å²) in [7, 11) is 1.65. The van der Waals surface area contributed by atoms with Crippen LogP contribution >= 0.6 is 0 Å². The van der Waals surface area contributed by atoms with Crippen LogP contribution in [0.5, 0.6) is 0 Å². The van der Waals surface area contributed by atoms with Crippen LogP contribution in [0.2, 0.25) is 0 Å². The largest absolute Gasteiger partial charge is 0.327 e. The first-order chi connectivity index (χ1) is 18.2. The number of aromatic nitrogens is 3. The molecule has 1 atom stereocenters. The number of hydrogen-bond acceptors (Lipinski definition) is 5. The summed E-state index contributed by atoms with van der Waals surface area (Å²) in [6, 6.07) is 6.12. The van der Waals surface area contributed by atoms with Gasteiger partial charge in [0.1, 0.15) is 23.0 Å². The number of amides is 3. The van der Waals surface area contributed by atoms with Gasteiger partial charge in [-0.15, -0.1) is 10.2 Å². The molecular formula is C31H45N5O3. The predicted molar refractivity (Wildman–Crippen MR) is 152 cm³/mol. The van der Waals surface area contributed by atoms with E-state index in [9.17, 15) is 14.4 Å². The van der Waals surface area contributed by atoms with Gasteiger partial charge >= 0.3 is 6.03 Å². The minimum atomic E-state index is -0.924. The van der Waals surface area contributed by atoms with Gasteiger partial charge in [0, 0.05) is 44.8 Å². The Morgan fingerprint density at radius 1 is 1.13 bits per heavy atom. The lowest BCUT2D eigenvalue weighted by atomic mass is 9.90. The van der Waals surface area contributed by atoms with E-state index < -0.39 is 11.5 Å². The zero-order valence-corrected chi connectivity index (χ0v) is 25.0. The van der Waals surface area contributed by atoms with Crippen molar-refractivity contribution in [2.45, 2.75) is 111 Å². The topological polar surface area (TPSA) is 88.4 Å². The second kappa shape index (κ2) is 10.9. The molecule has 39 heavy (non-hydrogen) atoms. The molecule has 0 bridgehead atoms. The fraction of sp³-hybridized carbons (Fsp3) is 0.645. The van der Waals surface area contributed by atoms with Gasteiger partial charge in [0.25, 0.3) is 5.91 Å². The number of likely N-dealkylation sites (N-methyl/N-ethyl adjacent to an activating group) is 1. The molecule has 8 heteroatoms. The number of rotatable bonds is 11. The second-order valence-corrected chi connectivity index (χ2v) is 13.4. The summed E-state index contributed by atoms with van der Waals surface area (Å²) < 4.78 is 2.22. The number of carbonyl (C=O) groups is 3. The summed E-state index contributed by atoms with van der Waals surface area (Å²) in [6.07, 6.45) is 5.52. The number of ketones is 1. The number of nitrogens with zero attached hydrogens (tertiary/aromatic N) is 5. The highest BCUT2D eigenvalue weighted by Gasteiger charge is 2.50. The summed E-state index contributed by atoms with van der Waals surface area (Å²) in [5, 5.41) is 9.22.